The van der Waals surface area contributed by atoms with Gasteiger partial charge in [-0.05, 0) is 25.1 Å². The third-order valence-corrected chi connectivity index (χ3v) is 3.60. The van der Waals surface area contributed by atoms with E-state index in [0.717, 1.165) is 13.1 Å². The minimum absolute atomic E-state index is 0.0484. The molecule has 0 aliphatic carbocycles. The van der Waals surface area contributed by atoms with Crippen LogP contribution < -0.4 is 5.73 Å². The van der Waals surface area contributed by atoms with E-state index in [0.29, 0.717) is 13.2 Å². The Morgan fingerprint density at radius 3 is 2.74 bits per heavy atom. The first-order valence-electron chi connectivity index (χ1n) is 6.64. The molecule has 19 heavy (non-hydrogen) atoms. The van der Waals surface area contributed by atoms with Gasteiger partial charge < -0.3 is 10.5 Å². The molecular formula is C14H20F2N2O. The number of likely N-dealkylation sites (N-methyl/N-ethyl adjacent to an activating group) is 1. The van der Waals surface area contributed by atoms with Crippen molar-refractivity contribution in [3.05, 3.63) is 35.4 Å². The highest BCUT2D eigenvalue weighted by atomic mass is 19.1. The maximum atomic E-state index is 13.6. The molecule has 2 unspecified atom stereocenters. The highest BCUT2D eigenvalue weighted by Gasteiger charge is 2.26. The van der Waals surface area contributed by atoms with E-state index in [1.165, 1.54) is 18.2 Å². The predicted molar refractivity (Wildman–Crippen MR) is 69.9 cm³/mol. The number of hydrogen-bond acceptors (Lipinski definition) is 3. The molecule has 1 aliphatic heterocycles. The van der Waals surface area contributed by atoms with E-state index < -0.39 is 17.7 Å². The summed E-state index contributed by atoms with van der Waals surface area (Å²) in [6.07, 6.45) is -0.0199. The molecule has 1 aliphatic rings. The number of morpholine rings is 1. The molecule has 1 aromatic carbocycles. The number of nitrogens with zero attached hydrogens (tertiary/aromatic N) is 1. The molecule has 1 aromatic rings. The Morgan fingerprint density at radius 2 is 2.11 bits per heavy atom. The lowest BCUT2D eigenvalue weighted by molar-refractivity contribution is -0.0387. The van der Waals surface area contributed by atoms with Gasteiger partial charge in [-0.15, -0.1) is 0 Å². The molecule has 1 heterocycles. The SMILES string of the molecule is CCN1CCOC(C(N)Cc2c(F)cccc2F)C1. The quantitative estimate of drug-likeness (QED) is 0.902. The van der Waals surface area contributed by atoms with Crippen LogP contribution in [0.5, 0.6) is 0 Å². The summed E-state index contributed by atoms with van der Waals surface area (Å²) in [5.41, 5.74) is 6.10. The number of nitrogens with two attached hydrogens (primary N) is 1. The summed E-state index contributed by atoms with van der Waals surface area (Å²) in [4.78, 5) is 2.23. The van der Waals surface area contributed by atoms with Crippen LogP contribution in [-0.2, 0) is 11.2 Å². The van der Waals surface area contributed by atoms with Crippen LogP contribution >= 0.6 is 0 Å². The molecule has 0 radical (unpaired) electrons. The minimum Gasteiger partial charge on any atom is -0.374 e. The lowest BCUT2D eigenvalue weighted by Gasteiger charge is -2.35. The summed E-state index contributed by atoms with van der Waals surface area (Å²) >= 11 is 0. The molecule has 1 fully saturated rings. The summed E-state index contributed by atoms with van der Waals surface area (Å²) in [6, 6.07) is 3.47. The molecule has 2 rings (SSSR count). The topological polar surface area (TPSA) is 38.5 Å². The number of benzene rings is 1. The van der Waals surface area contributed by atoms with Crippen LogP contribution in [0.4, 0.5) is 8.78 Å². The first kappa shape index (κ1) is 14.4. The molecule has 0 amide bonds. The fourth-order valence-electron chi connectivity index (χ4n) is 2.37. The second-order valence-electron chi connectivity index (χ2n) is 4.87. The van der Waals surface area contributed by atoms with Gasteiger partial charge in [0, 0.05) is 24.7 Å². The number of hydrogen-bond donors (Lipinski definition) is 1. The highest BCUT2D eigenvalue weighted by molar-refractivity contribution is 5.21. The van der Waals surface area contributed by atoms with Crippen molar-refractivity contribution >= 4 is 0 Å². The lowest BCUT2D eigenvalue weighted by atomic mass is 10.00. The molecule has 2 atom stereocenters. The zero-order chi connectivity index (χ0) is 13.8. The van der Waals surface area contributed by atoms with Gasteiger partial charge in [-0.1, -0.05) is 13.0 Å². The molecule has 3 nitrogen and oxygen atoms in total. The van der Waals surface area contributed by atoms with Crippen molar-refractivity contribution in [1.82, 2.24) is 4.90 Å². The van der Waals surface area contributed by atoms with E-state index in [4.69, 9.17) is 10.5 Å². The summed E-state index contributed by atoms with van der Waals surface area (Å²) in [7, 11) is 0. The van der Waals surface area contributed by atoms with Crippen LogP contribution in [0.2, 0.25) is 0 Å². The smallest absolute Gasteiger partial charge is 0.129 e. The largest absolute Gasteiger partial charge is 0.374 e. The van der Waals surface area contributed by atoms with Crippen LogP contribution in [0, 0.1) is 11.6 Å². The lowest BCUT2D eigenvalue weighted by Crippen LogP contribution is -2.51. The van der Waals surface area contributed by atoms with Crippen molar-refractivity contribution in [2.75, 3.05) is 26.2 Å². The van der Waals surface area contributed by atoms with Crippen molar-refractivity contribution in [2.24, 2.45) is 5.73 Å². The fraction of sp³-hybridized carbons (Fsp3) is 0.571. The van der Waals surface area contributed by atoms with E-state index in [1.54, 1.807) is 0 Å². The molecule has 0 bridgehead atoms. The Labute approximate surface area is 112 Å². The highest BCUT2D eigenvalue weighted by Crippen LogP contribution is 2.17. The van der Waals surface area contributed by atoms with Crippen LogP contribution in [0.15, 0.2) is 18.2 Å². The van der Waals surface area contributed by atoms with Crippen molar-refractivity contribution in [3.8, 4) is 0 Å². The second kappa shape index (κ2) is 6.41. The minimum atomic E-state index is -0.543. The molecule has 0 spiro atoms. The zero-order valence-corrected chi connectivity index (χ0v) is 11.1. The molecule has 5 heteroatoms. The maximum absolute atomic E-state index is 13.6. The molecule has 1 saturated heterocycles. The predicted octanol–water partition coefficient (Wildman–Crippen LogP) is 1.56. The van der Waals surface area contributed by atoms with E-state index >= 15 is 0 Å². The van der Waals surface area contributed by atoms with Crippen LogP contribution in [-0.4, -0.2) is 43.3 Å². The van der Waals surface area contributed by atoms with E-state index in [1.807, 2.05) is 0 Å². The second-order valence-corrected chi connectivity index (χ2v) is 4.87. The maximum Gasteiger partial charge on any atom is 0.129 e. The number of ether oxygens (including phenoxy) is 1. The summed E-state index contributed by atoms with van der Waals surface area (Å²) in [5.74, 6) is -1.09. The van der Waals surface area contributed by atoms with Crippen molar-refractivity contribution in [3.63, 3.8) is 0 Å². The standard InChI is InChI=1S/C14H20F2N2O/c1-2-18-6-7-19-14(9-18)13(17)8-10-11(15)4-3-5-12(10)16/h3-5,13-14H,2,6-9,17H2,1H3. The monoisotopic (exact) mass is 270 g/mol. The van der Waals surface area contributed by atoms with Crippen LogP contribution in [0.3, 0.4) is 0 Å². The molecule has 2 N–H and O–H groups in total. The number of halogens is 2. The van der Waals surface area contributed by atoms with Gasteiger partial charge in [0.05, 0.1) is 12.7 Å². The Balaban J connectivity index is 2.02. The van der Waals surface area contributed by atoms with Gasteiger partial charge >= 0.3 is 0 Å². The molecular weight excluding hydrogens is 250 g/mol. The van der Waals surface area contributed by atoms with Gasteiger partial charge in [-0.3, -0.25) is 4.90 Å². The summed E-state index contributed by atoms with van der Waals surface area (Å²) in [6.45, 7) is 5.22. The van der Waals surface area contributed by atoms with Gasteiger partial charge in [0.1, 0.15) is 11.6 Å². The Hall–Kier alpha value is -1.04. The van der Waals surface area contributed by atoms with Gasteiger partial charge in [0.15, 0.2) is 0 Å². The van der Waals surface area contributed by atoms with Gasteiger partial charge in [-0.25, -0.2) is 8.78 Å². The van der Waals surface area contributed by atoms with E-state index in [-0.39, 0.29) is 18.1 Å². The third-order valence-electron chi connectivity index (χ3n) is 3.60. The Morgan fingerprint density at radius 1 is 1.42 bits per heavy atom. The van der Waals surface area contributed by atoms with Gasteiger partial charge in [-0.2, -0.15) is 0 Å². The molecule has 0 aromatic heterocycles. The van der Waals surface area contributed by atoms with Gasteiger partial charge in [0.25, 0.3) is 0 Å². The average Bonchev–Trinajstić information content (AvgIpc) is 2.43. The first-order chi connectivity index (χ1) is 9.11. The summed E-state index contributed by atoms with van der Waals surface area (Å²) in [5, 5.41) is 0. The summed E-state index contributed by atoms with van der Waals surface area (Å²) < 4.78 is 32.8. The Kier molecular flexibility index (Phi) is 4.85. The van der Waals surface area contributed by atoms with E-state index in [2.05, 4.69) is 11.8 Å². The van der Waals surface area contributed by atoms with Crippen LogP contribution in [0.1, 0.15) is 12.5 Å². The van der Waals surface area contributed by atoms with Crippen molar-refractivity contribution in [1.29, 1.82) is 0 Å². The Bertz CT molecular complexity index is 408. The van der Waals surface area contributed by atoms with Crippen LogP contribution in [0.25, 0.3) is 0 Å². The molecule has 0 saturated carbocycles. The average molecular weight is 270 g/mol. The van der Waals surface area contributed by atoms with Gasteiger partial charge in [0.2, 0.25) is 0 Å². The fourth-order valence-corrected chi connectivity index (χ4v) is 2.37. The number of rotatable bonds is 4. The van der Waals surface area contributed by atoms with Crippen molar-refractivity contribution < 1.29 is 13.5 Å². The first-order valence-corrected chi connectivity index (χ1v) is 6.64. The normalized spacial score (nSPS) is 22.4. The third kappa shape index (κ3) is 3.49. The zero-order valence-electron chi connectivity index (χ0n) is 11.1. The van der Waals surface area contributed by atoms with E-state index in [9.17, 15) is 8.78 Å². The molecule has 106 valence electrons. The van der Waals surface area contributed by atoms with Crippen molar-refractivity contribution in [2.45, 2.75) is 25.5 Å².